The van der Waals surface area contributed by atoms with Crippen molar-refractivity contribution in [2.45, 2.75) is 249 Å². The largest absolute Gasteiger partial charge is 0.390 e. The molecule has 23 heteroatoms. The molecule has 0 radical (unpaired) electrons. The predicted molar refractivity (Wildman–Crippen MR) is 347 cm³/mol. The van der Waals surface area contributed by atoms with Crippen molar-refractivity contribution in [2.24, 2.45) is 47.3 Å². The van der Waals surface area contributed by atoms with Gasteiger partial charge < -0.3 is 60.7 Å². The highest BCUT2D eigenvalue weighted by Crippen LogP contribution is 2.26. The van der Waals surface area contributed by atoms with Gasteiger partial charge in [-0.1, -0.05) is 123 Å². The number of amides is 11. The Morgan fingerprint density at radius 2 is 0.742 bits per heavy atom. The number of carbonyl (C=O) groups is 11. The van der Waals surface area contributed by atoms with Crippen molar-refractivity contribution in [3.05, 3.63) is 12.2 Å². The molecule has 510 valence electrons. The fourth-order valence-corrected chi connectivity index (χ4v) is 11.5. The molecule has 1 rings (SSSR count). The molecule has 0 bridgehead atoms. The first kappa shape index (κ1) is 80.9. The number of rotatable bonds is 17. The second-order valence-electron chi connectivity index (χ2n) is 27.9. The summed E-state index contributed by atoms with van der Waals surface area (Å²) in [5.41, 5.74) is 0. The first-order valence-corrected chi connectivity index (χ1v) is 32.4. The standard InChI is InChI=1S/C66H119N11O12/c1-27-29-30-43(17)55(78)54-59(82)69-46(28-2)61(84)74(23)50(34-39(9)10)62(85)71(20)48(32-37(5)6)58(81)70-52(41(13)14)65(88)72(21)47(31-36(3)4)57(80)67-44(18)56(79)68-45(19)60(83)73(22)49(33-38(7)8)63(86)75(24)51(35-40(11)12)64(87)76(25)53(42(15)16)66(89)77(54)26/h27,29,36-55,78H,28,30-35H2,1-26H3,(H,67,80)(H,68,79)(H,69,82)(H,70,81)/b29-27+/t43?,44-,45?,46-,47?,48-,49?,50-,51?,52-,53-,54-,55+/m0/s1. The second kappa shape index (κ2) is 36.6. The van der Waals surface area contributed by atoms with Gasteiger partial charge in [0.2, 0.25) is 65.0 Å². The van der Waals surface area contributed by atoms with Gasteiger partial charge in [-0.2, -0.15) is 0 Å². The van der Waals surface area contributed by atoms with Crippen molar-refractivity contribution in [2.75, 3.05) is 49.3 Å². The van der Waals surface area contributed by atoms with E-state index in [0.717, 1.165) is 4.90 Å². The third-order valence-electron chi connectivity index (χ3n) is 17.1. The van der Waals surface area contributed by atoms with Gasteiger partial charge in [0.25, 0.3) is 0 Å². The molecule has 5 unspecified atom stereocenters. The summed E-state index contributed by atoms with van der Waals surface area (Å²) in [6.45, 7) is 33.8. The third-order valence-corrected chi connectivity index (χ3v) is 17.1. The van der Waals surface area contributed by atoms with Gasteiger partial charge in [0.15, 0.2) is 0 Å². The van der Waals surface area contributed by atoms with Gasteiger partial charge in [0.05, 0.1) is 6.10 Å². The predicted octanol–water partition coefficient (Wildman–Crippen LogP) is 4.68. The fraction of sp³-hybridized carbons (Fsp3) is 0.803. The monoisotopic (exact) mass is 1260 g/mol. The van der Waals surface area contributed by atoms with Crippen molar-refractivity contribution in [3.8, 4) is 0 Å². The van der Waals surface area contributed by atoms with Gasteiger partial charge in [-0.05, 0) is 113 Å². The average Bonchev–Trinajstić information content (AvgIpc) is 1.46. The Hall–Kier alpha value is -6.13. The highest BCUT2D eigenvalue weighted by molar-refractivity contribution is 6.00. The number of aliphatic hydroxyl groups is 1. The molecule has 1 aliphatic heterocycles. The maximum absolute atomic E-state index is 15.3. The van der Waals surface area contributed by atoms with E-state index in [2.05, 4.69) is 21.3 Å². The number of carbonyl (C=O) groups excluding carboxylic acids is 11. The van der Waals surface area contributed by atoms with Gasteiger partial charge in [0, 0.05) is 49.3 Å². The summed E-state index contributed by atoms with van der Waals surface area (Å²) < 4.78 is 0. The lowest BCUT2D eigenvalue weighted by atomic mass is 9.91. The van der Waals surface area contributed by atoms with Crippen LogP contribution in [0.25, 0.3) is 0 Å². The molecule has 0 aromatic carbocycles. The molecule has 5 N–H and O–H groups in total. The summed E-state index contributed by atoms with van der Waals surface area (Å²) in [5, 5.41) is 23.4. The van der Waals surface area contributed by atoms with E-state index >= 15 is 24.0 Å². The zero-order valence-electron chi connectivity index (χ0n) is 59.2. The molecule has 1 saturated heterocycles. The number of hydrogen-bond donors (Lipinski definition) is 5. The van der Waals surface area contributed by atoms with Crippen LogP contribution in [-0.4, -0.2) is 226 Å². The zero-order valence-corrected chi connectivity index (χ0v) is 59.2. The molecule has 1 heterocycles. The van der Waals surface area contributed by atoms with E-state index in [9.17, 15) is 33.9 Å². The van der Waals surface area contributed by atoms with E-state index in [-0.39, 0.29) is 68.1 Å². The zero-order chi connectivity index (χ0) is 69.1. The molecule has 0 spiro atoms. The third kappa shape index (κ3) is 22.6. The maximum Gasteiger partial charge on any atom is 0.246 e. The SMILES string of the molecule is C/C=C/CC(C)[C@@H](O)[C@H]1C(=O)N[C@@H](CC)C(=O)N(C)[C@@H](CC(C)C)C(=O)N(C)[C@@H](CC(C)C)C(=O)N[C@@H](C(C)C)C(=O)N(C)C(CC(C)C)C(=O)N[C@@H](C)C(=O)NC(C)C(=O)N(C)C(CC(C)C)C(=O)N(C)C(CC(C)C)C(=O)N(C)[C@@H](C(C)C)C(=O)N1C. The topological polar surface area (TPSA) is 279 Å². The average molecular weight is 1260 g/mol. The normalized spacial score (nSPS) is 27.1. The molecular formula is C66H119N11O12. The molecule has 23 nitrogen and oxygen atoms in total. The molecule has 1 aliphatic rings. The Bertz CT molecular complexity index is 2430. The fourth-order valence-electron chi connectivity index (χ4n) is 11.5. The summed E-state index contributed by atoms with van der Waals surface area (Å²) in [5.74, 6) is -9.83. The van der Waals surface area contributed by atoms with Crippen molar-refractivity contribution >= 4 is 65.0 Å². The summed E-state index contributed by atoms with van der Waals surface area (Å²) in [6, 6.07) is -13.6. The Balaban J connectivity index is 4.48. The number of hydrogen-bond acceptors (Lipinski definition) is 12. The molecule has 0 saturated carbocycles. The van der Waals surface area contributed by atoms with Gasteiger partial charge in [-0.3, -0.25) is 52.7 Å². The lowest BCUT2D eigenvalue weighted by Crippen LogP contribution is -2.64. The minimum atomic E-state index is -1.62. The van der Waals surface area contributed by atoms with Crippen molar-refractivity contribution in [1.29, 1.82) is 0 Å². The number of likely N-dealkylation sites (N-methyl/N-ethyl adjacent to an activating group) is 7. The van der Waals surface area contributed by atoms with Crippen LogP contribution >= 0.6 is 0 Å². The molecule has 13 atom stereocenters. The maximum atomic E-state index is 15.3. The number of nitrogens with one attached hydrogen (secondary N) is 4. The highest BCUT2D eigenvalue weighted by Gasteiger charge is 2.46. The quantitative estimate of drug-likeness (QED) is 0.124. The second-order valence-corrected chi connectivity index (χ2v) is 27.9. The van der Waals surface area contributed by atoms with E-state index in [0.29, 0.717) is 6.42 Å². The van der Waals surface area contributed by atoms with E-state index in [1.54, 1.807) is 47.6 Å². The van der Waals surface area contributed by atoms with Crippen LogP contribution < -0.4 is 21.3 Å². The summed E-state index contributed by atoms with van der Waals surface area (Å²) in [7, 11) is 10.1. The van der Waals surface area contributed by atoms with Crippen LogP contribution in [0.2, 0.25) is 0 Å². The van der Waals surface area contributed by atoms with Crippen LogP contribution in [-0.2, 0) is 52.7 Å². The lowest BCUT2D eigenvalue weighted by molar-refractivity contribution is -0.157. The van der Waals surface area contributed by atoms with Crippen LogP contribution in [0.4, 0.5) is 0 Å². The Labute approximate surface area is 534 Å². The summed E-state index contributed by atoms with van der Waals surface area (Å²) >= 11 is 0. The minimum absolute atomic E-state index is 0.0173. The molecule has 89 heavy (non-hydrogen) atoms. The van der Waals surface area contributed by atoms with Gasteiger partial charge in [-0.25, -0.2) is 0 Å². The van der Waals surface area contributed by atoms with E-state index < -0.39 is 155 Å². The Kier molecular flexibility index (Phi) is 33.3. The molecular weight excluding hydrogens is 1140 g/mol. The van der Waals surface area contributed by atoms with Gasteiger partial charge in [-0.15, -0.1) is 0 Å². The van der Waals surface area contributed by atoms with E-state index in [1.807, 2.05) is 82.2 Å². The molecule has 0 aromatic rings. The lowest BCUT2D eigenvalue weighted by Gasteiger charge is -2.41. The smallest absolute Gasteiger partial charge is 0.246 e. The van der Waals surface area contributed by atoms with Crippen LogP contribution in [0.3, 0.4) is 0 Å². The first-order valence-electron chi connectivity index (χ1n) is 32.4. The summed E-state index contributed by atoms with van der Waals surface area (Å²) in [6.07, 6.45) is 3.17. The van der Waals surface area contributed by atoms with E-state index in [4.69, 9.17) is 0 Å². The van der Waals surface area contributed by atoms with Crippen LogP contribution in [0.15, 0.2) is 12.2 Å². The number of aliphatic hydroxyl groups excluding tert-OH is 1. The van der Waals surface area contributed by atoms with Gasteiger partial charge >= 0.3 is 0 Å². The van der Waals surface area contributed by atoms with E-state index in [1.165, 1.54) is 92.6 Å². The van der Waals surface area contributed by atoms with Gasteiger partial charge in [0.1, 0.15) is 66.5 Å². The molecule has 0 aliphatic carbocycles. The first-order chi connectivity index (χ1) is 41.0. The molecule has 0 aromatic heterocycles. The number of nitrogens with zero attached hydrogens (tertiary/aromatic N) is 7. The van der Waals surface area contributed by atoms with Crippen LogP contribution in [0, 0.1) is 47.3 Å². The number of allylic oxidation sites excluding steroid dienone is 2. The molecule has 1 fully saturated rings. The van der Waals surface area contributed by atoms with Crippen molar-refractivity contribution < 1.29 is 57.8 Å². The summed E-state index contributed by atoms with van der Waals surface area (Å²) in [4.78, 5) is 172. The van der Waals surface area contributed by atoms with Crippen molar-refractivity contribution in [1.82, 2.24) is 55.6 Å². The highest BCUT2D eigenvalue weighted by atomic mass is 16.3. The van der Waals surface area contributed by atoms with Crippen LogP contribution in [0.1, 0.15) is 176 Å². The minimum Gasteiger partial charge on any atom is -0.390 e. The van der Waals surface area contributed by atoms with Crippen LogP contribution in [0.5, 0.6) is 0 Å². The molecule has 11 amide bonds. The van der Waals surface area contributed by atoms with Crippen molar-refractivity contribution in [3.63, 3.8) is 0 Å². The Morgan fingerprint density at radius 1 is 0.393 bits per heavy atom. The Morgan fingerprint density at radius 3 is 1.13 bits per heavy atom.